The van der Waals surface area contributed by atoms with E-state index in [1.807, 2.05) is 0 Å². The van der Waals surface area contributed by atoms with Crippen LogP contribution >= 0.6 is 0 Å². The minimum absolute atomic E-state index is 0.124. The van der Waals surface area contributed by atoms with E-state index in [4.69, 9.17) is 9.84 Å². The van der Waals surface area contributed by atoms with Crippen molar-refractivity contribution < 1.29 is 9.84 Å². The first-order valence-corrected chi connectivity index (χ1v) is 5.73. The molecule has 0 bridgehead atoms. The third-order valence-corrected chi connectivity index (χ3v) is 2.62. The van der Waals surface area contributed by atoms with Gasteiger partial charge >= 0.3 is 0 Å². The fraction of sp³-hybridized carbons (Fsp3) is 0.833. The van der Waals surface area contributed by atoms with Gasteiger partial charge in [0.15, 0.2) is 0 Å². The van der Waals surface area contributed by atoms with E-state index in [1.54, 1.807) is 0 Å². The standard InChI is InChI=1S/C12H22O2/c1-11(13)10-14-9-5-3-2-4-6-12-7-8-12/h12-13H,1-10H2. The number of hydrogen-bond donors (Lipinski definition) is 1. The molecule has 0 aromatic heterocycles. The van der Waals surface area contributed by atoms with Crippen molar-refractivity contribution in [1.82, 2.24) is 0 Å². The molecule has 0 heterocycles. The Morgan fingerprint density at radius 3 is 2.57 bits per heavy atom. The van der Waals surface area contributed by atoms with E-state index in [0.29, 0.717) is 6.61 Å². The molecule has 1 saturated carbocycles. The third-order valence-electron chi connectivity index (χ3n) is 2.62. The molecule has 1 N–H and O–H groups in total. The summed E-state index contributed by atoms with van der Waals surface area (Å²) >= 11 is 0. The van der Waals surface area contributed by atoms with E-state index in [0.717, 1.165) is 18.9 Å². The second kappa shape index (κ2) is 6.88. The number of unbranched alkanes of at least 4 members (excludes halogenated alkanes) is 3. The van der Waals surface area contributed by atoms with Crippen LogP contribution in [-0.4, -0.2) is 18.3 Å². The maximum Gasteiger partial charge on any atom is 0.111 e. The molecule has 82 valence electrons. The predicted molar refractivity (Wildman–Crippen MR) is 58.4 cm³/mol. The fourth-order valence-electron chi connectivity index (χ4n) is 1.59. The second-order valence-corrected chi connectivity index (χ2v) is 4.27. The molecule has 0 atom stereocenters. The van der Waals surface area contributed by atoms with Gasteiger partial charge in [0.25, 0.3) is 0 Å². The Balaban J connectivity index is 1.68. The topological polar surface area (TPSA) is 29.5 Å². The first kappa shape index (κ1) is 11.6. The molecule has 0 amide bonds. The van der Waals surface area contributed by atoms with Crippen LogP contribution in [0.15, 0.2) is 12.3 Å². The van der Waals surface area contributed by atoms with E-state index >= 15 is 0 Å². The zero-order chi connectivity index (χ0) is 10.2. The molecule has 0 unspecified atom stereocenters. The Kier molecular flexibility index (Phi) is 5.69. The van der Waals surface area contributed by atoms with Crippen molar-refractivity contribution in [3.63, 3.8) is 0 Å². The molecule has 1 aliphatic rings. The number of aliphatic hydroxyl groups is 1. The van der Waals surface area contributed by atoms with Gasteiger partial charge in [-0.25, -0.2) is 0 Å². The van der Waals surface area contributed by atoms with Crippen LogP contribution in [0.2, 0.25) is 0 Å². The lowest BCUT2D eigenvalue weighted by Gasteiger charge is -2.02. The maximum absolute atomic E-state index is 8.74. The van der Waals surface area contributed by atoms with Crippen LogP contribution < -0.4 is 0 Å². The summed E-state index contributed by atoms with van der Waals surface area (Å²) < 4.78 is 5.19. The molecule has 14 heavy (non-hydrogen) atoms. The van der Waals surface area contributed by atoms with Gasteiger partial charge < -0.3 is 9.84 Å². The smallest absolute Gasteiger partial charge is 0.111 e. The van der Waals surface area contributed by atoms with Crippen LogP contribution in [0.5, 0.6) is 0 Å². The lowest BCUT2D eigenvalue weighted by Crippen LogP contribution is -1.98. The van der Waals surface area contributed by atoms with Crippen LogP contribution in [-0.2, 0) is 4.74 Å². The summed E-state index contributed by atoms with van der Waals surface area (Å²) in [6, 6.07) is 0. The zero-order valence-corrected chi connectivity index (χ0v) is 9.00. The average Bonchev–Trinajstić information content (AvgIpc) is 2.92. The van der Waals surface area contributed by atoms with Crippen molar-refractivity contribution in [3.05, 3.63) is 12.3 Å². The van der Waals surface area contributed by atoms with E-state index in [9.17, 15) is 0 Å². The molecule has 0 saturated heterocycles. The largest absolute Gasteiger partial charge is 0.510 e. The molecule has 1 aliphatic carbocycles. The van der Waals surface area contributed by atoms with E-state index in [1.165, 1.54) is 38.5 Å². The third kappa shape index (κ3) is 6.96. The van der Waals surface area contributed by atoms with Crippen molar-refractivity contribution >= 4 is 0 Å². The average molecular weight is 198 g/mol. The Labute approximate surface area is 87.0 Å². The van der Waals surface area contributed by atoms with Crippen LogP contribution in [0.25, 0.3) is 0 Å². The number of ether oxygens (including phenoxy) is 1. The van der Waals surface area contributed by atoms with Gasteiger partial charge in [0.1, 0.15) is 12.4 Å². The van der Waals surface area contributed by atoms with Gasteiger partial charge in [-0.15, -0.1) is 0 Å². The van der Waals surface area contributed by atoms with E-state index in [-0.39, 0.29) is 5.76 Å². The highest BCUT2D eigenvalue weighted by Crippen LogP contribution is 2.34. The molecule has 1 fully saturated rings. The first-order chi connectivity index (χ1) is 6.79. The number of hydrogen-bond acceptors (Lipinski definition) is 2. The Morgan fingerprint density at radius 1 is 1.21 bits per heavy atom. The van der Waals surface area contributed by atoms with Crippen LogP contribution in [0.3, 0.4) is 0 Å². The zero-order valence-electron chi connectivity index (χ0n) is 9.00. The van der Waals surface area contributed by atoms with Gasteiger partial charge in [0.05, 0.1) is 0 Å². The number of aliphatic hydroxyl groups excluding tert-OH is 1. The molecule has 0 aromatic carbocycles. The van der Waals surface area contributed by atoms with Crippen LogP contribution in [0, 0.1) is 5.92 Å². The molecule has 0 radical (unpaired) electrons. The lowest BCUT2D eigenvalue weighted by atomic mass is 10.1. The summed E-state index contributed by atoms with van der Waals surface area (Å²) in [5.41, 5.74) is 0. The normalized spacial score (nSPS) is 15.7. The maximum atomic E-state index is 8.74. The van der Waals surface area contributed by atoms with Gasteiger partial charge in [-0.3, -0.25) is 0 Å². The van der Waals surface area contributed by atoms with Crippen molar-refractivity contribution in [3.8, 4) is 0 Å². The minimum Gasteiger partial charge on any atom is -0.510 e. The van der Waals surface area contributed by atoms with Crippen molar-refractivity contribution in [2.45, 2.75) is 44.9 Å². The number of rotatable bonds is 9. The molecule has 2 heteroatoms. The summed E-state index contributed by atoms with van der Waals surface area (Å²) in [6.45, 7) is 4.41. The molecular weight excluding hydrogens is 176 g/mol. The van der Waals surface area contributed by atoms with Gasteiger partial charge in [-0.2, -0.15) is 0 Å². The first-order valence-electron chi connectivity index (χ1n) is 5.73. The second-order valence-electron chi connectivity index (χ2n) is 4.27. The summed E-state index contributed by atoms with van der Waals surface area (Å²) in [7, 11) is 0. The monoisotopic (exact) mass is 198 g/mol. The summed E-state index contributed by atoms with van der Waals surface area (Å²) in [5, 5.41) is 8.74. The van der Waals surface area contributed by atoms with Gasteiger partial charge in [0.2, 0.25) is 0 Å². The molecular formula is C12H22O2. The summed E-state index contributed by atoms with van der Waals surface area (Å²) in [6.07, 6.45) is 9.47. The SMILES string of the molecule is C=C(O)COCCCCCCC1CC1. The lowest BCUT2D eigenvalue weighted by molar-refractivity contribution is 0.124. The highest BCUT2D eigenvalue weighted by atomic mass is 16.5. The Bertz CT molecular complexity index is 162. The fourth-order valence-corrected chi connectivity index (χ4v) is 1.59. The van der Waals surface area contributed by atoms with Crippen LogP contribution in [0.4, 0.5) is 0 Å². The van der Waals surface area contributed by atoms with Crippen molar-refractivity contribution in [1.29, 1.82) is 0 Å². The molecule has 0 spiro atoms. The summed E-state index contributed by atoms with van der Waals surface area (Å²) in [5.74, 6) is 1.20. The van der Waals surface area contributed by atoms with Gasteiger partial charge in [0, 0.05) is 6.61 Å². The van der Waals surface area contributed by atoms with Crippen molar-refractivity contribution in [2.75, 3.05) is 13.2 Å². The van der Waals surface area contributed by atoms with E-state index < -0.39 is 0 Å². The Hall–Kier alpha value is -0.500. The van der Waals surface area contributed by atoms with Gasteiger partial charge in [-0.05, 0) is 12.3 Å². The summed E-state index contributed by atoms with van der Waals surface area (Å²) in [4.78, 5) is 0. The minimum atomic E-state index is 0.124. The van der Waals surface area contributed by atoms with Gasteiger partial charge in [-0.1, -0.05) is 45.1 Å². The quantitative estimate of drug-likeness (QED) is 0.454. The predicted octanol–water partition coefficient (Wildman–Crippen LogP) is 3.44. The molecule has 0 aromatic rings. The van der Waals surface area contributed by atoms with E-state index in [2.05, 4.69) is 6.58 Å². The highest BCUT2D eigenvalue weighted by Gasteiger charge is 2.19. The highest BCUT2D eigenvalue weighted by molar-refractivity contribution is 4.77. The van der Waals surface area contributed by atoms with Crippen molar-refractivity contribution in [2.24, 2.45) is 5.92 Å². The Morgan fingerprint density at radius 2 is 1.93 bits per heavy atom. The molecule has 1 rings (SSSR count). The van der Waals surface area contributed by atoms with Crippen LogP contribution in [0.1, 0.15) is 44.9 Å². The molecule has 2 nitrogen and oxygen atoms in total. The molecule has 0 aliphatic heterocycles.